The van der Waals surface area contributed by atoms with Crippen LogP contribution in [0.25, 0.3) is 11.1 Å². The highest BCUT2D eigenvalue weighted by Crippen LogP contribution is 2.45. The number of aliphatic carboxylic acids is 1. The summed E-state index contributed by atoms with van der Waals surface area (Å²) in [5.41, 5.74) is 4.22. The molecule has 0 aromatic heterocycles. The van der Waals surface area contributed by atoms with Crippen molar-refractivity contribution in [2.75, 3.05) is 13.2 Å². The zero-order valence-electron chi connectivity index (χ0n) is 18.9. The van der Waals surface area contributed by atoms with Crippen LogP contribution in [-0.4, -0.2) is 42.3 Å². The van der Waals surface area contributed by atoms with Crippen molar-refractivity contribution in [3.63, 3.8) is 0 Å². The van der Waals surface area contributed by atoms with Crippen molar-refractivity contribution in [3.05, 3.63) is 59.7 Å². The lowest BCUT2D eigenvalue weighted by Crippen LogP contribution is -2.48. The van der Waals surface area contributed by atoms with Crippen molar-refractivity contribution < 1.29 is 24.2 Å². The van der Waals surface area contributed by atoms with Gasteiger partial charge >= 0.3 is 12.1 Å². The summed E-state index contributed by atoms with van der Waals surface area (Å²) in [5.74, 6) is 0.704. The van der Waals surface area contributed by atoms with Crippen LogP contribution < -0.4 is 10.6 Å². The summed E-state index contributed by atoms with van der Waals surface area (Å²) in [6, 6.07) is 15.2. The molecule has 2 aliphatic carbocycles. The topological polar surface area (TPSA) is 105 Å². The fourth-order valence-corrected chi connectivity index (χ4v) is 4.91. The maximum Gasteiger partial charge on any atom is 0.407 e. The minimum absolute atomic E-state index is 0.0225. The van der Waals surface area contributed by atoms with Gasteiger partial charge in [0.2, 0.25) is 5.91 Å². The largest absolute Gasteiger partial charge is 0.480 e. The lowest BCUT2D eigenvalue weighted by Gasteiger charge is -2.41. The molecule has 1 atom stereocenters. The molecule has 7 heteroatoms. The lowest BCUT2D eigenvalue weighted by atomic mass is 9.66. The summed E-state index contributed by atoms with van der Waals surface area (Å²) in [7, 11) is 0. The summed E-state index contributed by atoms with van der Waals surface area (Å²) >= 11 is 0. The molecule has 3 N–H and O–H groups in total. The van der Waals surface area contributed by atoms with Crippen molar-refractivity contribution in [3.8, 4) is 23.5 Å². The Hall–Kier alpha value is -3.79. The second-order valence-corrected chi connectivity index (χ2v) is 9.08. The van der Waals surface area contributed by atoms with Gasteiger partial charge in [-0.3, -0.25) is 4.79 Å². The van der Waals surface area contributed by atoms with E-state index in [1.54, 1.807) is 0 Å². The summed E-state index contributed by atoms with van der Waals surface area (Å²) in [6.45, 7) is 0.518. The average molecular weight is 461 g/mol. The molecule has 2 aromatic carbocycles. The molecule has 1 saturated carbocycles. The predicted molar refractivity (Wildman–Crippen MR) is 127 cm³/mol. The molecule has 176 valence electrons. The van der Waals surface area contributed by atoms with Crippen molar-refractivity contribution in [2.24, 2.45) is 5.41 Å². The number of carboxylic acid groups (broad SMARTS) is 1. The van der Waals surface area contributed by atoms with E-state index < -0.39 is 23.5 Å². The molecule has 0 aliphatic heterocycles. The number of rotatable bonds is 9. The van der Waals surface area contributed by atoms with Crippen LogP contribution in [0.2, 0.25) is 0 Å². The van der Waals surface area contributed by atoms with Gasteiger partial charge in [-0.1, -0.05) is 55.0 Å². The fourth-order valence-electron chi connectivity index (χ4n) is 4.91. The summed E-state index contributed by atoms with van der Waals surface area (Å²) in [6.07, 6.45) is 7.22. The zero-order valence-corrected chi connectivity index (χ0v) is 18.9. The van der Waals surface area contributed by atoms with E-state index in [0.717, 1.165) is 41.5 Å². The molecular weight excluding hydrogens is 432 g/mol. The molecule has 0 radical (unpaired) electrons. The number of ether oxygens (including phenoxy) is 1. The number of carbonyl (C=O) groups is 3. The van der Waals surface area contributed by atoms with Crippen LogP contribution in [0, 0.1) is 17.8 Å². The third kappa shape index (κ3) is 4.91. The van der Waals surface area contributed by atoms with Crippen LogP contribution in [-0.2, 0) is 14.3 Å². The van der Waals surface area contributed by atoms with Crippen LogP contribution in [0.3, 0.4) is 0 Å². The Morgan fingerprint density at radius 3 is 2.24 bits per heavy atom. The molecule has 1 unspecified atom stereocenters. The second kappa shape index (κ2) is 10.0. The molecule has 0 bridgehead atoms. The zero-order chi connectivity index (χ0) is 24.1. The minimum Gasteiger partial charge on any atom is -0.480 e. The van der Waals surface area contributed by atoms with E-state index in [4.69, 9.17) is 11.2 Å². The van der Waals surface area contributed by atoms with E-state index in [-0.39, 0.29) is 31.3 Å². The SMILES string of the molecule is C#CCC(NC(=O)CC1(CNC(=O)OCC2c3ccccc3-c3ccccc32)CCC1)C(=O)O. The van der Waals surface area contributed by atoms with Gasteiger partial charge in [-0.15, -0.1) is 12.3 Å². The second-order valence-electron chi connectivity index (χ2n) is 9.08. The molecule has 2 aliphatic rings. The number of nitrogens with one attached hydrogen (secondary N) is 2. The summed E-state index contributed by atoms with van der Waals surface area (Å²) in [4.78, 5) is 36.2. The molecule has 7 nitrogen and oxygen atoms in total. The highest BCUT2D eigenvalue weighted by atomic mass is 16.5. The number of fused-ring (bicyclic) bond motifs is 3. The number of hydrogen-bond donors (Lipinski definition) is 3. The highest BCUT2D eigenvalue weighted by Gasteiger charge is 2.40. The standard InChI is InChI=1S/C27H28N2O5/c1-2-8-23(25(31)32)29-24(30)15-27(13-7-14-27)17-28-26(33)34-16-22-20-11-5-3-9-18(20)19-10-4-6-12-21(19)22/h1,3-6,9-12,22-23H,7-8,13-17H2,(H,28,33)(H,29,30)(H,31,32). The van der Waals surface area contributed by atoms with Gasteiger partial charge in [-0.2, -0.15) is 0 Å². The monoisotopic (exact) mass is 460 g/mol. The van der Waals surface area contributed by atoms with Gasteiger partial charge < -0.3 is 20.5 Å². The molecule has 2 amide bonds. The highest BCUT2D eigenvalue weighted by molar-refractivity contribution is 5.84. The first kappa shape index (κ1) is 23.4. The van der Waals surface area contributed by atoms with E-state index in [9.17, 15) is 19.5 Å². The van der Waals surface area contributed by atoms with Gasteiger partial charge in [0.25, 0.3) is 0 Å². The van der Waals surface area contributed by atoms with Gasteiger partial charge in [-0.25, -0.2) is 9.59 Å². The molecule has 4 rings (SSSR count). The predicted octanol–water partition coefficient (Wildman–Crippen LogP) is 3.68. The van der Waals surface area contributed by atoms with Crippen molar-refractivity contribution in [1.29, 1.82) is 0 Å². The fraction of sp³-hybridized carbons (Fsp3) is 0.370. The van der Waals surface area contributed by atoms with E-state index in [1.165, 1.54) is 0 Å². The third-order valence-electron chi connectivity index (χ3n) is 6.86. The number of terminal acetylenes is 1. The summed E-state index contributed by atoms with van der Waals surface area (Å²) in [5, 5.41) is 14.5. The maximum atomic E-state index is 12.5. The molecule has 34 heavy (non-hydrogen) atoms. The Morgan fingerprint density at radius 2 is 1.71 bits per heavy atom. The first-order valence-corrected chi connectivity index (χ1v) is 11.5. The van der Waals surface area contributed by atoms with Gasteiger partial charge in [0.15, 0.2) is 0 Å². The van der Waals surface area contributed by atoms with Crippen molar-refractivity contribution in [1.82, 2.24) is 10.6 Å². The Labute approximate surface area is 198 Å². The number of alkyl carbamates (subject to hydrolysis) is 1. The number of carbonyl (C=O) groups excluding carboxylic acids is 2. The van der Waals surface area contributed by atoms with Crippen LogP contribution in [0.5, 0.6) is 0 Å². The van der Waals surface area contributed by atoms with Gasteiger partial charge in [0.1, 0.15) is 12.6 Å². The van der Waals surface area contributed by atoms with Gasteiger partial charge in [-0.05, 0) is 40.5 Å². The normalized spacial score (nSPS) is 16.2. The Morgan fingerprint density at radius 1 is 1.09 bits per heavy atom. The smallest absolute Gasteiger partial charge is 0.407 e. The molecule has 0 saturated heterocycles. The first-order chi connectivity index (χ1) is 16.4. The molecule has 2 aromatic rings. The third-order valence-corrected chi connectivity index (χ3v) is 6.86. The van der Waals surface area contributed by atoms with Crippen LogP contribution >= 0.6 is 0 Å². The average Bonchev–Trinajstić information content (AvgIpc) is 3.12. The van der Waals surface area contributed by atoms with Crippen molar-refractivity contribution in [2.45, 2.75) is 44.1 Å². The van der Waals surface area contributed by atoms with E-state index >= 15 is 0 Å². The Balaban J connectivity index is 1.31. The molecule has 0 heterocycles. The Kier molecular flexibility index (Phi) is 6.87. The molecule has 0 spiro atoms. The van der Waals surface area contributed by atoms with Gasteiger partial charge in [0.05, 0.1) is 0 Å². The molecule has 1 fully saturated rings. The van der Waals surface area contributed by atoms with E-state index in [1.807, 2.05) is 24.3 Å². The van der Waals surface area contributed by atoms with Crippen molar-refractivity contribution >= 4 is 18.0 Å². The number of amides is 2. The van der Waals surface area contributed by atoms with E-state index in [2.05, 4.69) is 40.8 Å². The van der Waals surface area contributed by atoms with Crippen LogP contribution in [0.15, 0.2) is 48.5 Å². The number of hydrogen-bond acceptors (Lipinski definition) is 4. The van der Waals surface area contributed by atoms with E-state index in [0.29, 0.717) is 6.54 Å². The maximum absolute atomic E-state index is 12.5. The lowest BCUT2D eigenvalue weighted by molar-refractivity contribution is -0.142. The quantitative estimate of drug-likeness (QED) is 0.495. The van der Waals surface area contributed by atoms with Crippen LogP contribution in [0.4, 0.5) is 4.79 Å². The number of carboxylic acids is 1. The molecular formula is C27H28N2O5. The van der Waals surface area contributed by atoms with Crippen LogP contribution in [0.1, 0.15) is 49.1 Å². The van der Waals surface area contributed by atoms with Gasteiger partial charge in [0, 0.05) is 25.3 Å². The Bertz CT molecular complexity index is 1090. The minimum atomic E-state index is -1.16. The summed E-state index contributed by atoms with van der Waals surface area (Å²) < 4.78 is 5.59. The first-order valence-electron chi connectivity index (χ1n) is 11.5. The number of benzene rings is 2.